The number of rotatable bonds is 4. The van der Waals surface area contributed by atoms with Gasteiger partial charge in [-0.25, -0.2) is 0 Å². The molecule has 0 unspecified atom stereocenters. The van der Waals surface area contributed by atoms with Crippen LogP contribution in [0.4, 0.5) is 0 Å². The first-order chi connectivity index (χ1) is 7.44. The van der Waals surface area contributed by atoms with E-state index in [9.17, 15) is 0 Å². The zero-order valence-electron chi connectivity index (χ0n) is 12.4. The maximum atomic E-state index is 4.76. The van der Waals surface area contributed by atoms with Crippen LogP contribution in [0.2, 0.25) is 0 Å². The molecule has 0 fully saturated rings. The van der Waals surface area contributed by atoms with Crippen molar-refractivity contribution in [3.63, 3.8) is 0 Å². The summed E-state index contributed by atoms with van der Waals surface area (Å²) in [5.41, 5.74) is 0. The molecule has 18 heavy (non-hydrogen) atoms. The molecule has 0 aromatic rings. The predicted octanol–water partition coefficient (Wildman–Crippen LogP) is -3.67. The largest absolute Gasteiger partial charge is 1.00 e. The van der Waals surface area contributed by atoms with E-state index in [1.807, 2.05) is 37.5 Å². The Morgan fingerprint density at radius 1 is 0.722 bits per heavy atom. The Morgan fingerprint density at radius 3 is 0.889 bits per heavy atom. The number of nitrogens with zero attached hydrogens (tertiary/aromatic N) is 2. The second-order valence-electron chi connectivity index (χ2n) is 2.88. The summed E-state index contributed by atoms with van der Waals surface area (Å²) in [6, 6.07) is 0. The molecular formula is C10H20N2Na2S4. The van der Waals surface area contributed by atoms with E-state index in [2.05, 4.69) is 0 Å². The van der Waals surface area contributed by atoms with Crippen LogP contribution in [0.3, 0.4) is 0 Å². The van der Waals surface area contributed by atoms with Crippen molar-refractivity contribution in [2.75, 3.05) is 26.2 Å². The zero-order chi connectivity index (χ0) is 13.1. The van der Waals surface area contributed by atoms with Crippen molar-refractivity contribution < 1.29 is 59.1 Å². The van der Waals surface area contributed by atoms with Crippen LogP contribution in [0.1, 0.15) is 27.7 Å². The van der Waals surface area contributed by atoms with Gasteiger partial charge in [-0.05, 0) is 27.7 Å². The van der Waals surface area contributed by atoms with Gasteiger partial charge in [0.1, 0.15) is 0 Å². The van der Waals surface area contributed by atoms with Crippen molar-refractivity contribution in [2.24, 2.45) is 0 Å². The van der Waals surface area contributed by atoms with Crippen LogP contribution in [-0.2, 0) is 25.3 Å². The maximum Gasteiger partial charge on any atom is 1.00 e. The second-order valence-corrected chi connectivity index (χ2v) is 4.94. The third-order valence-corrected chi connectivity index (χ3v) is 3.08. The SMILES string of the molecule is CCN(CC)C(=S)[S-].CCN(CC)C(=S)[S-].[Na+].[Na+]. The van der Waals surface area contributed by atoms with Gasteiger partial charge in [0.2, 0.25) is 0 Å². The number of thiocarbonyl (C=S) groups is 2. The van der Waals surface area contributed by atoms with E-state index in [-0.39, 0.29) is 59.1 Å². The fourth-order valence-corrected chi connectivity index (χ4v) is 2.00. The van der Waals surface area contributed by atoms with Crippen molar-refractivity contribution in [3.8, 4) is 0 Å². The monoisotopic (exact) mass is 342 g/mol. The summed E-state index contributed by atoms with van der Waals surface area (Å²) in [5, 5.41) is 0. The molecule has 0 spiro atoms. The third kappa shape index (κ3) is 16.3. The van der Waals surface area contributed by atoms with E-state index in [1.165, 1.54) is 0 Å². The van der Waals surface area contributed by atoms with Crippen LogP contribution in [0.15, 0.2) is 0 Å². The van der Waals surface area contributed by atoms with Crippen LogP contribution in [0, 0.1) is 0 Å². The van der Waals surface area contributed by atoms with Crippen LogP contribution in [-0.4, -0.2) is 44.6 Å². The summed E-state index contributed by atoms with van der Waals surface area (Å²) in [6.45, 7) is 11.9. The molecular weight excluding hydrogens is 322 g/mol. The third-order valence-electron chi connectivity index (χ3n) is 2.04. The Bertz CT molecular complexity index is 188. The van der Waals surface area contributed by atoms with Crippen LogP contribution in [0.5, 0.6) is 0 Å². The van der Waals surface area contributed by atoms with Gasteiger partial charge >= 0.3 is 59.1 Å². The van der Waals surface area contributed by atoms with Crippen molar-refractivity contribution in [2.45, 2.75) is 27.7 Å². The standard InChI is InChI=1S/2C5H11NS2.2Na/c2*1-3-6(4-2)5(7)8;;/h2*3-4H2,1-2H3,(H,7,8);;/q;;2*+1/p-2. The van der Waals surface area contributed by atoms with E-state index < -0.39 is 0 Å². The molecule has 0 aliphatic heterocycles. The molecule has 0 heterocycles. The molecule has 0 atom stereocenters. The second kappa shape index (κ2) is 19.2. The molecule has 8 heteroatoms. The van der Waals surface area contributed by atoms with Gasteiger partial charge in [0.25, 0.3) is 0 Å². The first kappa shape index (κ1) is 28.4. The number of hydrogen-bond donors (Lipinski definition) is 0. The fraction of sp³-hybridized carbons (Fsp3) is 0.800. The van der Waals surface area contributed by atoms with Crippen molar-refractivity contribution in [3.05, 3.63) is 0 Å². The van der Waals surface area contributed by atoms with E-state index in [0.717, 1.165) is 26.2 Å². The zero-order valence-corrected chi connectivity index (χ0v) is 19.6. The van der Waals surface area contributed by atoms with Crippen molar-refractivity contribution in [1.29, 1.82) is 0 Å². The first-order valence-electron chi connectivity index (χ1n) is 5.36. The average Bonchev–Trinajstić information content (AvgIpc) is 2.21. The minimum absolute atomic E-state index is 0. The van der Waals surface area contributed by atoms with Crippen LogP contribution < -0.4 is 59.1 Å². The van der Waals surface area contributed by atoms with Crippen LogP contribution in [0.25, 0.3) is 0 Å². The minimum Gasteiger partial charge on any atom is -0.411 e. The van der Waals surface area contributed by atoms with Crippen molar-refractivity contribution >= 4 is 58.3 Å². The topological polar surface area (TPSA) is 6.48 Å². The van der Waals surface area contributed by atoms with Gasteiger partial charge < -0.3 is 59.5 Å². The van der Waals surface area contributed by atoms with E-state index in [4.69, 9.17) is 49.7 Å². The summed E-state index contributed by atoms with van der Waals surface area (Å²) in [6.07, 6.45) is 0. The Labute approximate surface area is 178 Å². The molecule has 0 radical (unpaired) electrons. The number of hydrogen-bond acceptors (Lipinski definition) is 4. The molecule has 0 aliphatic rings. The van der Waals surface area contributed by atoms with Gasteiger partial charge in [0.05, 0.1) is 0 Å². The maximum absolute atomic E-state index is 4.76. The van der Waals surface area contributed by atoms with Gasteiger partial charge in [-0.2, -0.15) is 0 Å². The van der Waals surface area contributed by atoms with Gasteiger partial charge in [0.15, 0.2) is 0 Å². The van der Waals surface area contributed by atoms with E-state index >= 15 is 0 Å². The van der Waals surface area contributed by atoms with Crippen LogP contribution >= 0.6 is 24.4 Å². The van der Waals surface area contributed by atoms with E-state index in [1.54, 1.807) is 0 Å². The fourth-order valence-electron chi connectivity index (χ4n) is 0.964. The van der Waals surface area contributed by atoms with Gasteiger partial charge in [-0.1, -0.05) is 8.64 Å². The molecule has 0 bridgehead atoms. The summed E-state index contributed by atoms with van der Waals surface area (Å²) in [5.74, 6) is 0. The summed E-state index contributed by atoms with van der Waals surface area (Å²) in [4.78, 5) is 3.93. The van der Waals surface area contributed by atoms with E-state index in [0.29, 0.717) is 8.64 Å². The minimum atomic E-state index is 0. The Balaban J connectivity index is -0.0000000980. The molecule has 0 N–H and O–H groups in total. The molecule has 0 aromatic carbocycles. The molecule has 0 aliphatic carbocycles. The predicted molar refractivity (Wildman–Crippen MR) is 85.8 cm³/mol. The van der Waals surface area contributed by atoms with Gasteiger partial charge in [0, 0.05) is 26.2 Å². The summed E-state index contributed by atoms with van der Waals surface area (Å²) in [7, 11) is 0. The average molecular weight is 343 g/mol. The Morgan fingerprint density at radius 2 is 0.889 bits per heavy atom. The first-order valence-corrected chi connectivity index (χ1v) is 6.99. The normalized spacial score (nSPS) is 7.78. The molecule has 0 saturated carbocycles. The Kier molecular flexibility index (Phi) is 30.3. The Hall–Kier alpha value is 2.22. The van der Waals surface area contributed by atoms with Gasteiger partial charge in [-0.3, -0.25) is 0 Å². The molecule has 0 rings (SSSR count). The quantitative estimate of drug-likeness (QED) is 0.293. The smallest absolute Gasteiger partial charge is 0.411 e. The van der Waals surface area contributed by atoms with Crippen molar-refractivity contribution in [1.82, 2.24) is 9.80 Å². The van der Waals surface area contributed by atoms with Gasteiger partial charge in [-0.15, -0.1) is 0 Å². The summed E-state index contributed by atoms with van der Waals surface area (Å²) < 4.78 is 1.16. The molecule has 0 amide bonds. The summed E-state index contributed by atoms with van der Waals surface area (Å²) >= 11 is 19.0. The molecule has 0 aromatic heterocycles. The molecule has 0 saturated heterocycles. The molecule has 2 nitrogen and oxygen atoms in total. The molecule has 96 valence electrons.